The van der Waals surface area contributed by atoms with Crippen molar-refractivity contribution >= 4 is 12.1 Å². The van der Waals surface area contributed by atoms with Crippen molar-refractivity contribution < 1.29 is 24.5 Å². The van der Waals surface area contributed by atoms with Crippen LogP contribution in [0.5, 0.6) is 5.75 Å². The highest BCUT2D eigenvalue weighted by Gasteiger charge is 2.44. The Hall–Kier alpha value is -3.80. The molecule has 0 saturated heterocycles. The second-order valence-corrected chi connectivity index (χ2v) is 9.20. The molecule has 1 fully saturated rings. The van der Waals surface area contributed by atoms with Gasteiger partial charge in [-0.25, -0.2) is 9.59 Å². The number of amides is 1. The maximum atomic E-state index is 12.8. The van der Waals surface area contributed by atoms with Crippen LogP contribution in [0.1, 0.15) is 54.2 Å². The molecule has 2 aliphatic carbocycles. The molecule has 0 bridgehead atoms. The van der Waals surface area contributed by atoms with E-state index in [2.05, 4.69) is 17.4 Å². The molecule has 0 aliphatic heterocycles. The summed E-state index contributed by atoms with van der Waals surface area (Å²) in [4.78, 5) is 25.0. The standard InChI is InChI=1S/C28H27NO5/c30-20-11-9-18(10-12-20)19-13-15-28(16-14-19,26(31)32)29-27(33)34-17-25-23-7-3-1-5-21(23)22-6-2-4-8-24(22)25/h1-12,19,25,30H,13-17H2,(H,29,33)(H,31,32). The number of ether oxygens (including phenoxy) is 1. The number of aliphatic carboxylic acids is 1. The van der Waals surface area contributed by atoms with E-state index in [4.69, 9.17) is 4.74 Å². The highest BCUT2D eigenvalue weighted by atomic mass is 16.5. The second kappa shape index (κ2) is 8.86. The number of alkyl carbamates (subject to hydrolysis) is 1. The molecule has 0 radical (unpaired) electrons. The van der Waals surface area contributed by atoms with Gasteiger partial charge in [-0.2, -0.15) is 0 Å². The SMILES string of the molecule is O=C(NC1(C(=O)O)CCC(c2ccc(O)cc2)CC1)OCC1c2ccccc2-c2ccccc21. The first-order valence-corrected chi connectivity index (χ1v) is 11.6. The molecule has 6 nitrogen and oxygen atoms in total. The Bertz CT molecular complexity index is 1170. The fourth-order valence-electron chi connectivity index (χ4n) is 5.41. The van der Waals surface area contributed by atoms with Crippen LogP contribution in [0.4, 0.5) is 4.79 Å². The zero-order valence-electron chi connectivity index (χ0n) is 18.7. The van der Waals surface area contributed by atoms with Gasteiger partial charge in [0.05, 0.1) is 0 Å². The Balaban J connectivity index is 1.25. The van der Waals surface area contributed by atoms with Crippen molar-refractivity contribution in [3.63, 3.8) is 0 Å². The van der Waals surface area contributed by atoms with Crippen molar-refractivity contribution in [3.8, 4) is 16.9 Å². The lowest BCUT2D eigenvalue weighted by Crippen LogP contribution is -2.56. The van der Waals surface area contributed by atoms with Gasteiger partial charge in [0, 0.05) is 5.92 Å². The lowest BCUT2D eigenvalue weighted by atomic mass is 9.74. The monoisotopic (exact) mass is 457 g/mol. The van der Waals surface area contributed by atoms with Crippen molar-refractivity contribution in [3.05, 3.63) is 89.5 Å². The molecule has 34 heavy (non-hydrogen) atoms. The maximum Gasteiger partial charge on any atom is 0.408 e. The predicted octanol–water partition coefficient (Wildman–Crippen LogP) is 5.41. The zero-order valence-corrected chi connectivity index (χ0v) is 18.7. The summed E-state index contributed by atoms with van der Waals surface area (Å²) in [5.41, 5.74) is 4.23. The zero-order chi connectivity index (χ0) is 23.7. The summed E-state index contributed by atoms with van der Waals surface area (Å²) >= 11 is 0. The van der Waals surface area contributed by atoms with Crippen LogP contribution in [0, 0.1) is 0 Å². The minimum atomic E-state index is -1.34. The molecule has 3 aromatic rings. The molecule has 3 N–H and O–H groups in total. The number of aromatic hydroxyl groups is 1. The number of phenolic OH excluding ortho intramolecular Hbond substituents is 1. The third kappa shape index (κ3) is 4.00. The first-order chi connectivity index (χ1) is 16.5. The van der Waals surface area contributed by atoms with Crippen LogP contribution >= 0.6 is 0 Å². The highest BCUT2D eigenvalue weighted by Crippen LogP contribution is 2.44. The summed E-state index contributed by atoms with van der Waals surface area (Å²) in [6.07, 6.45) is 1.18. The number of carboxylic acids is 1. The van der Waals surface area contributed by atoms with Crippen LogP contribution in [0.15, 0.2) is 72.8 Å². The largest absolute Gasteiger partial charge is 0.508 e. The number of carbonyl (C=O) groups excluding carboxylic acids is 1. The van der Waals surface area contributed by atoms with Gasteiger partial charge in [-0.05, 0) is 71.6 Å². The molecule has 3 aromatic carbocycles. The van der Waals surface area contributed by atoms with Crippen LogP contribution in [-0.2, 0) is 9.53 Å². The van der Waals surface area contributed by atoms with Gasteiger partial charge in [0.1, 0.15) is 17.9 Å². The van der Waals surface area contributed by atoms with Crippen molar-refractivity contribution in [2.75, 3.05) is 6.61 Å². The topological polar surface area (TPSA) is 95.9 Å². The number of carbonyl (C=O) groups is 2. The predicted molar refractivity (Wildman–Crippen MR) is 128 cm³/mol. The van der Waals surface area contributed by atoms with E-state index < -0.39 is 17.6 Å². The fraction of sp³-hybridized carbons (Fsp3) is 0.286. The van der Waals surface area contributed by atoms with E-state index in [9.17, 15) is 19.8 Å². The number of rotatable bonds is 5. The first kappa shape index (κ1) is 22.0. The van der Waals surface area contributed by atoms with Gasteiger partial charge >= 0.3 is 12.1 Å². The number of fused-ring (bicyclic) bond motifs is 3. The second-order valence-electron chi connectivity index (χ2n) is 9.20. The molecule has 174 valence electrons. The van der Waals surface area contributed by atoms with Crippen molar-refractivity contribution in [2.45, 2.75) is 43.1 Å². The Morgan fingerprint density at radius 2 is 1.44 bits per heavy atom. The normalized spacial score (nSPS) is 21.4. The minimum absolute atomic E-state index is 0.0795. The molecule has 0 spiro atoms. The Morgan fingerprint density at radius 1 is 0.882 bits per heavy atom. The van der Waals surface area contributed by atoms with Crippen molar-refractivity contribution in [1.82, 2.24) is 5.32 Å². The van der Waals surface area contributed by atoms with E-state index in [1.165, 1.54) is 0 Å². The maximum absolute atomic E-state index is 12.8. The number of phenols is 1. The van der Waals surface area contributed by atoms with Gasteiger partial charge in [-0.3, -0.25) is 0 Å². The van der Waals surface area contributed by atoms with E-state index in [1.54, 1.807) is 12.1 Å². The lowest BCUT2D eigenvalue weighted by molar-refractivity contribution is -0.146. The van der Waals surface area contributed by atoms with Crippen LogP contribution in [0.25, 0.3) is 11.1 Å². The van der Waals surface area contributed by atoms with E-state index >= 15 is 0 Å². The lowest BCUT2D eigenvalue weighted by Gasteiger charge is -2.37. The fourth-order valence-corrected chi connectivity index (χ4v) is 5.41. The summed E-state index contributed by atoms with van der Waals surface area (Å²) in [5, 5.41) is 22.2. The summed E-state index contributed by atoms with van der Waals surface area (Å²) in [7, 11) is 0. The molecule has 0 atom stereocenters. The van der Waals surface area contributed by atoms with Gasteiger partial charge in [0.2, 0.25) is 0 Å². The molecule has 0 aromatic heterocycles. The Kier molecular flexibility index (Phi) is 5.74. The molecule has 5 rings (SSSR count). The number of hydrogen-bond donors (Lipinski definition) is 3. The first-order valence-electron chi connectivity index (χ1n) is 11.6. The molecule has 0 unspecified atom stereocenters. The van der Waals surface area contributed by atoms with Gasteiger partial charge in [-0.15, -0.1) is 0 Å². The summed E-state index contributed by atoms with van der Waals surface area (Å²) in [5.74, 6) is -0.719. The third-order valence-electron chi connectivity index (χ3n) is 7.30. The number of benzene rings is 3. The van der Waals surface area contributed by atoms with E-state index in [0.717, 1.165) is 27.8 Å². The number of carboxylic acid groups (broad SMARTS) is 1. The van der Waals surface area contributed by atoms with Crippen molar-refractivity contribution in [1.29, 1.82) is 0 Å². The van der Waals surface area contributed by atoms with Crippen LogP contribution in [0.2, 0.25) is 0 Å². The van der Waals surface area contributed by atoms with Gasteiger partial charge in [-0.1, -0.05) is 60.7 Å². The molecule has 1 saturated carbocycles. The third-order valence-corrected chi connectivity index (χ3v) is 7.30. The summed E-state index contributed by atoms with van der Waals surface area (Å²) < 4.78 is 5.60. The van der Waals surface area contributed by atoms with E-state index in [0.29, 0.717) is 25.7 Å². The molecule has 6 heteroatoms. The smallest absolute Gasteiger partial charge is 0.408 e. The summed E-state index contributed by atoms with van der Waals surface area (Å²) in [6, 6.07) is 23.2. The molecule has 1 amide bonds. The average Bonchev–Trinajstić information content (AvgIpc) is 3.17. The number of hydrogen-bond acceptors (Lipinski definition) is 4. The van der Waals surface area contributed by atoms with Crippen LogP contribution in [0.3, 0.4) is 0 Å². The molecular formula is C28H27NO5. The van der Waals surface area contributed by atoms with E-state index in [-0.39, 0.29) is 24.2 Å². The van der Waals surface area contributed by atoms with Gasteiger partial charge in [0.25, 0.3) is 0 Å². The average molecular weight is 458 g/mol. The van der Waals surface area contributed by atoms with Crippen LogP contribution in [-0.4, -0.2) is 34.4 Å². The summed E-state index contributed by atoms with van der Waals surface area (Å²) in [6.45, 7) is 0.145. The Labute approximate surface area is 198 Å². The van der Waals surface area contributed by atoms with Crippen molar-refractivity contribution in [2.24, 2.45) is 0 Å². The number of nitrogens with one attached hydrogen (secondary N) is 1. The van der Waals surface area contributed by atoms with Gasteiger partial charge in [0.15, 0.2) is 0 Å². The van der Waals surface area contributed by atoms with Gasteiger partial charge < -0.3 is 20.3 Å². The van der Waals surface area contributed by atoms with Crippen LogP contribution < -0.4 is 5.32 Å². The molecule has 0 heterocycles. The quantitative estimate of drug-likeness (QED) is 0.476. The Morgan fingerprint density at radius 3 is 2.00 bits per heavy atom. The highest BCUT2D eigenvalue weighted by molar-refractivity contribution is 5.85. The minimum Gasteiger partial charge on any atom is -0.508 e. The van der Waals surface area contributed by atoms with E-state index in [1.807, 2.05) is 48.5 Å². The molecular weight excluding hydrogens is 430 g/mol. The molecule has 2 aliphatic rings.